The van der Waals surface area contributed by atoms with Gasteiger partial charge in [-0.3, -0.25) is 9.69 Å². The minimum Gasteiger partial charge on any atom is -0.480 e. The Labute approximate surface area is 104 Å². The van der Waals surface area contributed by atoms with Crippen molar-refractivity contribution in [2.45, 2.75) is 76.3 Å². The lowest BCUT2D eigenvalue weighted by Gasteiger charge is -2.41. The first-order valence-electron chi connectivity index (χ1n) is 7.21. The van der Waals surface area contributed by atoms with Crippen LogP contribution in [0.1, 0.15) is 64.7 Å². The Morgan fingerprint density at radius 3 is 2.12 bits per heavy atom. The molecule has 0 amide bonds. The number of carboxylic acid groups (broad SMARTS) is 1. The fourth-order valence-corrected chi connectivity index (χ4v) is 3.41. The number of nitrogens with zero attached hydrogens (tertiary/aromatic N) is 1. The quantitative estimate of drug-likeness (QED) is 0.819. The number of hydrogen-bond acceptors (Lipinski definition) is 2. The number of carboxylic acids is 1. The lowest BCUT2D eigenvalue weighted by atomic mass is 9.82. The Morgan fingerprint density at radius 1 is 1.18 bits per heavy atom. The lowest BCUT2D eigenvalue weighted by Crippen LogP contribution is -2.56. The van der Waals surface area contributed by atoms with Gasteiger partial charge in [0, 0.05) is 6.04 Å². The molecule has 0 radical (unpaired) electrons. The second kappa shape index (κ2) is 5.38. The molecule has 0 heterocycles. The SMILES string of the molecule is CCN(C1CC1)C1(C(=O)O)CCCCCCC1. The summed E-state index contributed by atoms with van der Waals surface area (Å²) in [5, 5.41) is 9.74. The highest BCUT2D eigenvalue weighted by molar-refractivity contribution is 5.79. The van der Waals surface area contributed by atoms with E-state index in [9.17, 15) is 9.90 Å². The van der Waals surface area contributed by atoms with E-state index in [1.54, 1.807) is 0 Å². The van der Waals surface area contributed by atoms with E-state index in [1.807, 2.05) is 0 Å². The van der Waals surface area contributed by atoms with Gasteiger partial charge in [-0.1, -0.05) is 39.0 Å². The van der Waals surface area contributed by atoms with Crippen LogP contribution in [0.5, 0.6) is 0 Å². The van der Waals surface area contributed by atoms with E-state index in [2.05, 4.69) is 11.8 Å². The number of hydrogen-bond donors (Lipinski definition) is 1. The van der Waals surface area contributed by atoms with Gasteiger partial charge in [-0.05, 0) is 32.2 Å². The zero-order valence-electron chi connectivity index (χ0n) is 11.0. The summed E-state index contributed by atoms with van der Waals surface area (Å²) in [7, 11) is 0. The molecule has 2 rings (SSSR count). The molecular formula is C14H25NO2. The zero-order valence-corrected chi connectivity index (χ0v) is 11.0. The van der Waals surface area contributed by atoms with Crippen molar-refractivity contribution in [3.05, 3.63) is 0 Å². The molecular weight excluding hydrogens is 214 g/mol. The molecule has 2 fully saturated rings. The highest BCUT2D eigenvalue weighted by Crippen LogP contribution is 2.39. The molecule has 0 aromatic rings. The zero-order chi connectivity index (χ0) is 12.3. The third kappa shape index (κ3) is 2.65. The first kappa shape index (κ1) is 12.9. The minimum absolute atomic E-state index is 0.545. The molecule has 3 nitrogen and oxygen atoms in total. The van der Waals surface area contributed by atoms with E-state index < -0.39 is 11.5 Å². The molecule has 0 bridgehead atoms. The van der Waals surface area contributed by atoms with E-state index in [0.717, 1.165) is 32.2 Å². The summed E-state index contributed by atoms with van der Waals surface area (Å²) >= 11 is 0. The van der Waals surface area contributed by atoms with Crippen molar-refractivity contribution in [1.29, 1.82) is 0 Å². The average molecular weight is 239 g/mol. The van der Waals surface area contributed by atoms with Gasteiger partial charge < -0.3 is 5.11 Å². The van der Waals surface area contributed by atoms with Crippen molar-refractivity contribution in [3.63, 3.8) is 0 Å². The standard InChI is InChI=1S/C14H25NO2/c1-2-15(12-8-9-12)14(13(16)17)10-6-4-3-5-7-11-14/h12H,2-11H2,1H3,(H,16,17). The number of rotatable bonds is 4. The third-order valence-electron chi connectivity index (χ3n) is 4.46. The molecule has 2 saturated carbocycles. The van der Waals surface area contributed by atoms with Crippen LogP contribution in [0.3, 0.4) is 0 Å². The van der Waals surface area contributed by atoms with E-state index in [-0.39, 0.29) is 0 Å². The van der Waals surface area contributed by atoms with E-state index in [0.29, 0.717) is 6.04 Å². The van der Waals surface area contributed by atoms with Gasteiger partial charge in [0.25, 0.3) is 0 Å². The van der Waals surface area contributed by atoms with Gasteiger partial charge in [-0.15, -0.1) is 0 Å². The van der Waals surface area contributed by atoms with Gasteiger partial charge in [-0.2, -0.15) is 0 Å². The van der Waals surface area contributed by atoms with Gasteiger partial charge in [0.15, 0.2) is 0 Å². The van der Waals surface area contributed by atoms with Gasteiger partial charge in [-0.25, -0.2) is 0 Å². The van der Waals surface area contributed by atoms with Crippen LogP contribution in [0.2, 0.25) is 0 Å². The molecule has 1 N–H and O–H groups in total. The van der Waals surface area contributed by atoms with E-state index in [1.165, 1.54) is 32.1 Å². The molecule has 0 aromatic heterocycles. The third-order valence-corrected chi connectivity index (χ3v) is 4.46. The predicted octanol–water partition coefficient (Wildman–Crippen LogP) is 3.04. The molecule has 0 atom stereocenters. The predicted molar refractivity (Wildman–Crippen MR) is 68.1 cm³/mol. The van der Waals surface area contributed by atoms with Crippen molar-refractivity contribution in [2.75, 3.05) is 6.54 Å². The maximum atomic E-state index is 11.8. The molecule has 0 spiro atoms. The Bertz CT molecular complexity index is 265. The fourth-order valence-electron chi connectivity index (χ4n) is 3.41. The Morgan fingerprint density at radius 2 is 1.71 bits per heavy atom. The van der Waals surface area contributed by atoms with Gasteiger partial charge in [0.05, 0.1) is 0 Å². The molecule has 0 unspecified atom stereocenters. The summed E-state index contributed by atoms with van der Waals surface area (Å²) < 4.78 is 0. The number of aliphatic carboxylic acids is 1. The van der Waals surface area contributed by atoms with Crippen LogP contribution in [0.15, 0.2) is 0 Å². The van der Waals surface area contributed by atoms with Crippen molar-refractivity contribution in [3.8, 4) is 0 Å². The summed E-state index contributed by atoms with van der Waals surface area (Å²) in [6.07, 6.45) is 9.95. The number of likely N-dealkylation sites (N-methyl/N-ethyl adjacent to an activating group) is 1. The Hall–Kier alpha value is -0.570. The summed E-state index contributed by atoms with van der Waals surface area (Å²) in [4.78, 5) is 14.1. The fraction of sp³-hybridized carbons (Fsp3) is 0.929. The van der Waals surface area contributed by atoms with Crippen molar-refractivity contribution in [1.82, 2.24) is 4.90 Å². The summed E-state index contributed by atoms with van der Waals surface area (Å²) in [5.41, 5.74) is -0.545. The Balaban J connectivity index is 2.17. The van der Waals surface area contributed by atoms with Crippen molar-refractivity contribution < 1.29 is 9.90 Å². The van der Waals surface area contributed by atoms with Crippen LogP contribution in [0.4, 0.5) is 0 Å². The summed E-state index contributed by atoms with van der Waals surface area (Å²) in [5.74, 6) is -0.576. The van der Waals surface area contributed by atoms with Crippen LogP contribution >= 0.6 is 0 Å². The van der Waals surface area contributed by atoms with Crippen LogP contribution < -0.4 is 0 Å². The molecule has 17 heavy (non-hydrogen) atoms. The molecule has 3 heteroatoms. The molecule has 0 aliphatic heterocycles. The van der Waals surface area contributed by atoms with Crippen molar-refractivity contribution in [2.24, 2.45) is 0 Å². The van der Waals surface area contributed by atoms with Gasteiger partial charge >= 0.3 is 5.97 Å². The highest BCUT2D eigenvalue weighted by Gasteiger charge is 2.48. The second-order valence-electron chi connectivity index (χ2n) is 5.62. The maximum absolute atomic E-state index is 11.8. The first-order valence-corrected chi connectivity index (χ1v) is 7.21. The van der Waals surface area contributed by atoms with Crippen LogP contribution in [0, 0.1) is 0 Å². The van der Waals surface area contributed by atoms with Gasteiger partial charge in [0.1, 0.15) is 5.54 Å². The average Bonchev–Trinajstić information content (AvgIpc) is 3.05. The first-order chi connectivity index (χ1) is 8.20. The number of carbonyl (C=O) groups is 1. The topological polar surface area (TPSA) is 40.5 Å². The minimum atomic E-state index is -0.576. The molecule has 0 aromatic carbocycles. The van der Waals surface area contributed by atoms with E-state index in [4.69, 9.17) is 0 Å². The Kier molecular flexibility index (Phi) is 4.08. The highest BCUT2D eigenvalue weighted by atomic mass is 16.4. The molecule has 2 aliphatic rings. The summed E-state index contributed by atoms with van der Waals surface area (Å²) in [6, 6.07) is 0.551. The van der Waals surface area contributed by atoms with Crippen LogP contribution in [-0.2, 0) is 4.79 Å². The maximum Gasteiger partial charge on any atom is 0.324 e. The second-order valence-corrected chi connectivity index (χ2v) is 5.62. The molecule has 2 aliphatic carbocycles. The monoisotopic (exact) mass is 239 g/mol. The normalized spacial score (nSPS) is 25.3. The van der Waals surface area contributed by atoms with E-state index >= 15 is 0 Å². The van der Waals surface area contributed by atoms with Gasteiger partial charge in [0.2, 0.25) is 0 Å². The van der Waals surface area contributed by atoms with Crippen molar-refractivity contribution >= 4 is 5.97 Å². The lowest BCUT2D eigenvalue weighted by molar-refractivity contribution is -0.154. The smallest absolute Gasteiger partial charge is 0.324 e. The molecule has 0 saturated heterocycles. The van der Waals surface area contributed by atoms with Crippen LogP contribution in [-0.4, -0.2) is 34.1 Å². The van der Waals surface area contributed by atoms with Crippen LogP contribution in [0.25, 0.3) is 0 Å². The molecule has 98 valence electrons. The summed E-state index contributed by atoms with van der Waals surface area (Å²) in [6.45, 7) is 3.00. The largest absolute Gasteiger partial charge is 0.480 e.